The van der Waals surface area contributed by atoms with E-state index in [0.29, 0.717) is 11.4 Å². The Hall–Kier alpha value is -1.80. The van der Waals surface area contributed by atoms with E-state index in [1.165, 1.54) is 6.07 Å². The Morgan fingerprint density at radius 1 is 1.07 bits per heavy atom. The van der Waals surface area contributed by atoms with Crippen LogP contribution in [0.15, 0.2) is 41.3 Å². The molecule has 0 aromatic heterocycles. The SMILES string of the molecule is COc1ccc(C)cc1CCNS(=O)(=O)c1ccc(NCCCCN(C)C)c(Cl)c1. The monoisotopic (exact) mass is 453 g/mol. The van der Waals surface area contributed by atoms with Crippen LogP contribution in [0.3, 0.4) is 0 Å². The number of anilines is 1. The molecule has 2 aromatic carbocycles. The first kappa shape index (κ1) is 24.5. The molecule has 0 atom stereocenters. The average molecular weight is 454 g/mol. The van der Waals surface area contributed by atoms with Gasteiger partial charge in [0.15, 0.2) is 0 Å². The van der Waals surface area contributed by atoms with Crippen molar-refractivity contribution in [3.8, 4) is 5.75 Å². The van der Waals surface area contributed by atoms with E-state index in [2.05, 4.69) is 29.0 Å². The number of benzene rings is 2. The zero-order valence-electron chi connectivity index (χ0n) is 18.2. The molecule has 0 heterocycles. The second kappa shape index (κ2) is 11.6. The fourth-order valence-corrected chi connectivity index (χ4v) is 4.46. The van der Waals surface area contributed by atoms with Gasteiger partial charge < -0.3 is 15.0 Å². The molecular weight excluding hydrogens is 422 g/mol. The van der Waals surface area contributed by atoms with Crippen molar-refractivity contribution in [1.82, 2.24) is 9.62 Å². The van der Waals surface area contributed by atoms with E-state index >= 15 is 0 Å². The molecule has 0 saturated carbocycles. The summed E-state index contributed by atoms with van der Waals surface area (Å²) in [5.74, 6) is 0.754. The van der Waals surface area contributed by atoms with Crippen molar-refractivity contribution in [2.45, 2.75) is 31.1 Å². The van der Waals surface area contributed by atoms with Crippen LogP contribution in [-0.4, -0.2) is 54.2 Å². The fourth-order valence-electron chi connectivity index (χ4n) is 3.09. The van der Waals surface area contributed by atoms with E-state index in [-0.39, 0.29) is 11.4 Å². The fraction of sp³-hybridized carbons (Fsp3) is 0.455. The standard InChI is InChI=1S/C22H32ClN3O3S/c1-17-7-10-22(29-4)18(15-17)11-13-25-30(27,28)19-8-9-21(20(23)16-19)24-12-5-6-14-26(2)3/h7-10,15-16,24-25H,5-6,11-14H2,1-4H3. The molecule has 6 nitrogen and oxygen atoms in total. The third kappa shape index (κ3) is 7.47. The van der Waals surface area contributed by atoms with E-state index in [1.54, 1.807) is 19.2 Å². The summed E-state index contributed by atoms with van der Waals surface area (Å²) >= 11 is 6.31. The highest BCUT2D eigenvalue weighted by Gasteiger charge is 2.16. The number of hydrogen-bond acceptors (Lipinski definition) is 5. The summed E-state index contributed by atoms with van der Waals surface area (Å²) < 4.78 is 33.3. The van der Waals surface area contributed by atoms with Gasteiger partial charge in [0.05, 0.1) is 22.7 Å². The van der Waals surface area contributed by atoms with Gasteiger partial charge in [0.25, 0.3) is 0 Å². The summed E-state index contributed by atoms with van der Waals surface area (Å²) in [5.41, 5.74) is 2.81. The molecule has 0 aliphatic rings. The third-order valence-corrected chi connectivity index (χ3v) is 6.49. The second-order valence-corrected chi connectivity index (χ2v) is 9.72. The molecule has 0 aliphatic heterocycles. The quantitative estimate of drug-likeness (QED) is 0.476. The Labute approximate surface area is 185 Å². The smallest absolute Gasteiger partial charge is 0.240 e. The second-order valence-electron chi connectivity index (χ2n) is 7.54. The molecule has 0 aliphatic carbocycles. The molecule has 2 rings (SSSR count). The average Bonchev–Trinajstić information content (AvgIpc) is 2.68. The van der Waals surface area contributed by atoms with Crippen molar-refractivity contribution in [3.05, 3.63) is 52.5 Å². The molecule has 0 amide bonds. The molecule has 0 spiro atoms. The highest BCUT2D eigenvalue weighted by molar-refractivity contribution is 7.89. The van der Waals surface area contributed by atoms with E-state index in [0.717, 1.165) is 48.5 Å². The number of sulfonamides is 1. The summed E-state index contributed by atoms with van der Waals surface area (Å²) in [4.78, 5) is 2.30. The van der Waals surface area contributed by atoms with Crippen molar-refractivity contribution in [1.29, 1.82) is 0 Å². The maximum absolute atomic E-state index is 12.6. The Bertz CT molecular complexity index is 933. The van der Waals surface area contributed by atoms with E-state index in [4.69, 9.17) is 16.3 Å². The minimum atomic E-state index is -3.65. The van der Waals surface area contributed by atoms with Crippen molar-refractivity contribution in [2.24, 2.45) is 0 Å². The molecule has 0 unspecified atom stereocenters. The summed E-state index contributed by atoms with van der Waals surface area (Å²) in [6, 6.07) is 10.6. The maximum atomic E-state index is 12.6. The van der Waals surface area contributed by atoms with Crippen LogP contribution in [0.1, 0.15) is 24.0 Å². The van der Waals surface area contributed by atoms with Gasteiger partial charge in [0, 0.05) is 13.1 Å². The number of ether oxygens (including phenoxy) is 1. The maximum Gasteiger partial charge on any atom is 0.240 e. The van der Waals surface area contributed by atoms with Gasteiger partial charge in [-0.05, 0) is 76.7 Å². The number of methoxy groups -OCH3 is 1. The highest BCUT2D eigenvalue weighted by atomic mass is 35.5. The first-order valence-corrected chi connectivity index (χ1v) is 11.9. The van der Waals surface area contributed by atoms with Gasteiger partial charge in [-0.15, -0.1) is 0 Å². The van der Waals surface area contributed by atoms with Crippen LogP contribution in [0.25, 0.3) is 0 Å². The lowest BCUT2D eigenvalue weighted by Gasteiger charge is -2.13. The summed E-state index contributed by atoms with van der Waals surface area (Å²) in [7, 11) is 2.06. The zero-order chi connectivity index (χ0) is 22.1. The van der Waals surface area contributed by atoms with Crippen LogP contribution < -0.4 is 14.8 Å². The van der Waals surface area contributed by atoms with Crippen molar-refractivity contribution >= 4 is 27.3 Å². The van der Waals surface area contributed by atoms with Gasteiger partial charge in [-0.3, -0.25) is 0 Å². The molecule has 0 bridgehead atoms. The van der Waals surface area contributed by atoms with Gasteiger partial charge in [-0.2, -0.15) is 0 Å². The highest BCUT2D eigenvalue weighted by Crippen LogP contribution is 2.25. The summed E-state index contributed by atoms with van der Waals surface area (Å²) in [6.07, 6.45) is 2.63. The normalized spacial score (nSPS) is 11.7. The van der Waals surface area contributed by atoms with E-state index in [1.807, 2.05) is 25.1 Å². The zero-order valence-corrected chi connectivity index (χ0v) is 19.7. The number of aryl methyl sites for hydroxylation is 1. The van der Waals surface area contributed by atoms with E-state index in [9.17, 15) is 8.42 Å². The predicted molar refractivity (Wildman–Crippen MR) is 124 cm³/mol. The number of nitrogens with zero attached hydrogens (tertiary/aromatic N) is 1. The largest absolute Gasteiger partial charge is 0.496 e. The molecule has 0 fully saturated rings. The van der Waals surface area contributed by atoms with Gasteiger partial charge in [0.2, 0.25) is 10.0 Å². The number of rotatable bonds is 12. The number of hydrogen-bond donors (Lipinski definition) is 2. The van der Waals surface area contributed by atoms with Gasteiger partial charge >= 0.3 is 0 Å². The number of nitrogens with one attached hydrogen (secondary N) is 2. The molecule has 0 radical (unpaired) electrons. The topological polar surface area (TPSA) is 70.7 Å². The summed E-state index contributed by atoms with van der Waals surface area (Å²) in [5, 5.41) is 3.66. The van der Waals surface area contributed by atoms with Crippen LogP contribution in [-0.2, 0) is 16.4 Å². The third-order valence-electron chi connectivity index (χ3n) is 4.72. The molecular formula is C22H32ClN3O3S. The molecule has 166 valence electrons. The van der Waals surface area contributed by atoms with Gasteiger partial charge in [-0.25, -0.2) is 13.1 Å². The van der Waals surface area contributed by atoms with E-state index < -0.39 is 10.0 Å². The Morgan fingerprint density at radius 2 is 1.83 bits per heavy atom. The van der Waals surface area contributed by atoms with Crippen molar-refractivity contribution in [2.75, 3.05) is 46.2 Å². The lowest BCUT2D eigenvalue weighted by Crippen LogP contribution is -2.26. The van der Waals surface area contributed by atoms with Crippen molar-refractivity contribution in [3.63, 3.8) is 0 Å². The lowest BCUT2D eigenvalue weighted by atomic mass is 10.1. The van der Waals surface area contributed by atoms with Crippen LogP contribution in [0.5, 0.6) is 5.75 Å². The van der Waals surface area contributed by atoms with Crippen LogP contribution in [0.2, 0.25) is 5.02 Å². The predicted octanol–water partition coefficient (Wildman–Crippen LogP) is 3.93. The summed E-state index contributed by atoms with van der Waals surface area (Å²) in [6.45, 7) is 4.08. The molecule has 2 N–H and O–H groups in total. The molecule has 8 heteroatoms. The number of unbranched alkanes of at least 4 members (excludes halogenated alkanes) is 1. The lowest BCUT2D eigenvalue weighted by molar-refractivity contribution is 0.396. The van der Waals surface area contributed by atoms with Crippen molar-refractivity contribution < 1.29 is 13.2 Å². The minimum absolute atomic E-state index is 0.155. The first-order chi connectivity index (χ1) is 14.2. The Morgan fingerprint density at radius 3 is 2.50 bits per heavy atom. The van der Waals surface area contributed by atoms with Crippen LogP contribution >= 0.6 is 11.6 Å². The number of halogens is 1. The minimum Gasteiger partial charge on any atom is -0.496 e. The van der Waals surface area contributed by atoms with Gasteiger partial charge in [-0.1, -0.05) is 29.3 Å². The molecule has 2 aromatic rings. The van der Waals surface area contributed by atoms with Crippen LogP contribution in [0.4, 0.5) is 5.69 Å². The van der Waals surface area contributed by atoms with Gasteiger partial charge in [0.1, 0.15) is 5.75 Å². The Balaban J connectivity index is 1.93. The first-order valence-electron chi connectivity index (χ1n) is 10.0. The van der Waals surface area contributed by atoms with Crippen LogP contribution in [0, 0.1) is 6.92 Å². The Kier molecular flexibility index (Phi) is 9.42. The molecule has 0 saturated heterocycles. The molecule has 30 heavy (non-hydrogen) atoms.